The fourth-order valence-corrected chi connectivity index (χ4v) is 2.84. The van der Waals surface area contributed by atoms with Crippen molar-refractivity contribution in [2.24, 2.45) is 10.2 Å². The zero-order valence-electron chi connectivity index (χ0n) is 17.9. The molecule has 0 aliphatic heterocycles. The Labute approximate surface area is 197 Å². The van der Waals surface area contributed by atoms with E-state index in [1.807, 2.05) is 18.2 Å². The van der Waals surface area contributed by atoms with E-state index in [0.717, 1.165) is 24.6 Å². The monoisotopic (exact) mass is 479 g/mol. The van der Waals surface area contributed by atoms with E-state index in [-0.39, 0.29) is 28.7 Å². The lowest BCUT2D eigenvalue weighted by atomic mass is 10.2. The van der Waals surface area contributed by atoms with Crippen LogP contribution in [-0.2, 0) is 0 Å². The van der Waals surface area contributed by atoms with Gasteiger partial charge >= 0.3 is 0 Å². The van der Waals surface area contributed by atoms with Crippen molar-refractivity contribution >= 4 is 35.7 Å². The molecule has 0 aliphatic rings. The summed E-state index contributed by atoms with van der Waals surface area (Å²) in [5.41, 5.74) is 5.82. The second-order valence-electron chi connectivity index (χ2n) is 6.98. The smallest absolute Gasteiger partial charge is 0.231 e. The van der Waals surface area contributed by atoms with Crippen LogP contribution in [0, 0.1) is 23.3 Å². The molecule has 11 heteroatoms. The molecule has 0 spiro atoms. The number of anilines is 4. The van der Waals surface area contributed by atoms with Gasteiger partial charge in [0.1, 0.15) is 0 Å². The molecule has 35 heavy (non-hydrogen) atoms. The number of halogens is 4. The summed E-state index contributed by atoms with van der Waals surface area (Å²) in [5.74, 6) is -3.54. The van der Waals surface area contributed by atoms with Gasteiger partial charge in [0.05, 0.1) is 12.4 Å². The van der Waals surface area contributed by atoms with Crippen LogP contribution >= 0.6 is 0 Å². The Morgan fingerprint density at radius 2 is 1.14 bits per heavy atom. The standard InChI is InChI=1S/C24H17F4N7/c25-18-10-4-6-15(22(18)27)13-29-34-20-12-21(33-24(32-20)31-17-8-2-1-3-9-17)35-30-14-16-7-5-11-19(26)23(16)28/h1-14H,(H3,31,32,33,34,35). The van der Waals surface area contributed by atoms with Crippen LogP contribution in [0.5, 0.6) is 0 Å². The first kappa shape index (κ1) is 23.4. The topological polar surface area (TPSA) is 86.6 Å². The summed E-state index contributed by atoms with van der Waals surface area (Å²) in [5, 5.41) is 10.8. The van der Waals surface area contributed by atoms with Gasteiger partial charge in [-0.3, -0.25) is 10.9 Å². The highest BCUT2D eigenvalue weighted by atomic mass is 19.2. The van der Waals surface area contributed by atoms with Gasteiger partial charge in [-0.15, -0.1) is 0 Å². The maximum absolute atomic E-state index is 13.8. The molecule has 7 nitrogen and oxygen atoms in total. The van der Waals surface area contributed by atoms with E-state index in [4.69, 9.17) is 0 Å². The van der Waals surface area contributed by atoms with Gasteiger partial charge in [-0.05, 0) is 24.3 Å². The van der Waals surface area contributed by atoms with E-state index in [0.29, 0.717) is 5.69 Å². The first-order valence-corrected chi connectivity index (χ1v) is 10.2. The molecule has 3 N–H and O–H groups in total. The van der Waals surface area contributed by atoms with Crippen LogP contribution < -0.4 is 16.2 Å². The molecule has 4 aromatic rings. The molecule has 176 valence electrons. The summed E-state index contributed by atoms with van der Waals surface area (Å²) < 4.78 is 54.4. The van der Waals surface area contributed by atoms with Crippen molar-refractivity contribution in [3.8, 4) is 0 Å². The van der Waals surface area contributed by atoms with Gasteiger partial charge in [0, 0.05) is 22.9 Å². The van der Waals surface area contributed by atoms with Crippen LogP contribution in [0.2, 0.25) is 0 Å². The predicted octanol–water partition coefficient (Wildman–Crippen LogP) is 5.67. The number of hydrogen-bond acceptors (Lipinski definition) is 7. The average Bonchev–Trinajstić information content (AvgIpc) is 2.85. The summed E-state index contributed by atoms with van der Waals surface area (Å²) in [6, 6.07) is 17.9. The number of aromatic nitrogens is 2. The van der Waals surface area contributed by atoms with Crippen LogP contribution in [0.3, 0.4) is 0 Å². The average molecular weight is 479 g/mol. The fourth-order valence-electron chi connectivity index (χ4n) is 2.84. The summed E-state index contributed by atoms with van der Waals surface area (Å²) in [4.78, 5) is 8.55. The second kappa shape index (κ2) is 10.9. The van der Waals surface area contributed by atoms with Gasteiger partial charge in [0.25, 0.3) is 0 Å². The van der Waals surface area contributed by atoms with Crippen molar-refractivity contribution in [2.45, 2.75) is 0 Å². The maximum atomic E-state index is 13.8. The molecule has 0 bridgehead atoms. The van der Waals surface area contributed by atoms with Crippen molar-refractivity contribution < 1.29 is 17.6 Å². The second-order valence-corrected chi connectivity index (χ2v) is 6.98. The third-order valence-corrected chi connectivity index (χ3v) is 4.48. The van der Waals surface area contributed by atoms with Crippen molar-refractivity contribution in [1.82, 2.24) is 9.97 Å². The Balaban J connectivity index is 1.56. The van der Waals surface area contributed by atoms with E-state index in [9.17, 15) is 17.6 Å². The number of hydrogen-bond donors (Lipinski definition) is 3. The molecule has 0 saturated heterocycles. The first-order valence-electron chi connectivity index (χ1n) is 10.2. The molecule has 1 aromatic heterocycles. The fraction of sp³-hybridized carbons (Fsp3) is 0. The van der Waals surface area contributed by atoms with Crippen LogP contribution in [-0.4, -0.2) is 22.4 Å². The Hall–Kier alpha value is -4.80. The molecule has 0 unspecified atom stereocenters. The molecular weight excluding hydrogens is 462 g/mol. The summed E-state index contributed by atoms with van der Waals surface area (Å²) >= 11 is 0. The third-order valence-electron chi connectivity index (χ3n) is 4.48. The molecule has 0 aliphatic carbocycles. The molecule has 0 amide bonds. The first-order chi connectivity index (χ1) is 17.0. The van der Waals surface area contributed by atoms with Crippen LogP contribution in [0.4, 0.5) is 40.8 Å². The highest BCUT2D eigenvalue weighted by molar-refractivity contribution is 5.81. The van der Waals surface area contributed by atoms with Crippen molar-refractivity contribution in [3.05, 3.63) is 107 Å². The molecule has 0 saturated carbocycles. The molecular formula is C24H17F4N7. The number of nitrogens with one attached hydrogen (secondary N) is 3. The van der Waals surface area contributed by atoms with Crippen molar-refractivity contribution in [1.29, 1.82) is 0 Å². The van der Waals surface area contributed by atoms with Gasteiger partial charge in [0.2, 0.25) is 5.95 Å². The normalized spacial score (nSPS) is 11.2. The summed E-state index contributed by atoms with van der Waals surface area (Å²) in [7, 11) is 0. The quantitative estimate of drug-likeness (QED) is 0.172. The zero-order chi connectivity index (χ0) is 24.6. The van der Waals surface area contributed by atoms with Gasteiger partial charge in [-0.1, -0.05) is 42.5 Å². The van der Waals surface area contributed by atoms with Crippen molar-refractivity contribution in [3.63, 3.8) is 0 Å². The number of rotatable bonds is 8. The van der Waals surface area contributed by atoms with Crippen molar-refractivity contribution in [2.75, 3.05) is 16.2 Å². The molecule has 4 rings (SSSR count). The maximum Gasteiger partial charge on any atom is 0.231 e. The lowest BCUT2D eigenvalue weighted by molar-refractivity contribution is 0.507. The lowest BCUT2D eigenvalue weighted by Gasteiger charge is -2.09. The minimum atomic E-state index is -1.03. The van der Waals surface area contributed by atoms with Gasteiger partial charge in [0.15, 0.2) is 34.9 Å². The van der Waals surface area contributed by atoms with Gasteiger partial charge < -0.3 is 5.32 Å². The number of para-hydroxylation sites is 1. The van der Waals surface area contributed by atoms with E-state index in [2.05, 4.69) is 36.3 Å². The Morgan fingerprint density at radius 3 is 1.66 bits per heavy atom. The minimum absolute atomic E-state index is 0.0609. The van der Waals surface area contributed by atoms with Crippen LogP contribution in [0.1, 0.15) is 11.1 Å². The van der Waals surface area contributed by atoms with Crippen LogP contribution in [0.15, 0.2) is 83.0 Å². The Morgan fingerprint density at radius 1 is 0.629 bits per heavy atom. The summed E-state index contributed by atoms with van der Waals surface area (Å²) in [6.45, 7) is 0. The SMILES string of the molecule is Fc1cccc(C=NNc2cc(NN=Cc3cccc(F)c3F)nc(Nc3ccccc3)n2)c1F. The highest BCUT2D eigenvalue weighted by Gasteiger charge is 2.08. The van der Waals surface area contributed by atoms with E-state index in [1.54, 1.807) is 12.1 Å². The molecule has 0 fully saturated rings. The molecule has 0 atom stereocenters. The largest absolute Gasteiger partial charge is 0.324 e. The van der Waals surface area contributed by atoms with Crippen LogP contribution in [0.25, 0.3) is 0 Å². The number of benzene rings is 3. The molecule has 0 radical (unpaired) electrons. The van der Waals surface area contributed by atoms with E-state index < -0.39 is 23.3 Å². The number of nitrogens with zero attached hydrogens (tertiary/aromatic N) is 4. The predicted molar refractivity (Wildman–Crippen MR) is 127 cm³/mol. The zero-order valence-corrected chi connectivity index (χ0v) is 17.9. The van der Waals surface area contributed by atoms with Gasteiger partial charge in [-0.2, -0.15) is 20.2 Å². The lowest BCUT2D eigenvalue weighted by Crippen LogP contribution is -2.04. The highest BCUT2D eigenvalue weighted by Crippen LogP contribution is 2.19. The van der Waals surface area contributed by atoms with E-state index in [1.165, 1.54) is 30.3 Å². The van der Waals surface area contributed by atoms with Gasteiger partial charge in [-0.25, -0.2) is 17.6 Å². The van der Waals surface area contributed by atoms with E-state index >= 15 is 0 Å². The Bertz CT molecular complexity index is 1300. The minimum Gasteiger partial charge on any atom is -0.324 e. The molecule has 3 aromatic carbocycles. The molecule has 1 heterocycles. The summed E-state index contributed by atoms with van der Waals surface area (Å²) in [6.07, 6.45) is 2.20. The number of hydrazone groups is 2. The third kappa shape index (κ3) is 6.16. The Kier molecular flexibility index (Phi) is 7.26.